The van der Waals surface area contributed by atoms with E-state index in [0.29, 0.717) is 5.56 Å². The van der Waals surface area contributed by atoms with Gasteiger partial charge in [-0.1, -0.05) is 29.8 Å². The van der Waals surface area contributed by atoms with Crippen molar-refractivity contribution in [2.45, 2.75) is 13.3 Å². The first-order chi connectivity index (χ1) is 8.99. The van der Waals surface area contributed by atoms with E-state index in [9.17, 15) is 13.6 Å². The van der Waals surface area contributed by atoms with Crippen molar-refractivity contribution in [1.29, 1.82) is 0 Å². The molecule has 0 bridgehead atoms. The van der Waals surface area contributed by atoms with Crippen molar-refractivity contribution in [1.82, 2.24) is 0 Å². The lowest BCUT2D eigenvalue weighted by Crippen LogP contribution is -2.08. The maximum absolute atomic E-state index is 13.8. The normalized spacial score (nSPS) is 10.5. The maximum Gasteiger partial charge on any atom is 0.170 e. The minimum Gasteiger partial charge on any atom is -0.294 e. The van der Waals surface area contributed by atoms with E-state index in [1.165, 1.54) is 18.2 Å². The summed E-state index contributed by atoms with van der Waals surface area (Å²) in [4.78, 5) is 12.0. The Labute approximate surface area is 114 Å². The van der Waals surface area contributed by atoms with Crippen molar-refractivity contribution in [3.63, 3.8) is 0 Å². The zero-order valence-electron chi connectivity index (χ0n) is 10.2. The summed E-state index contributed by atoms with van der Waals surface area (Å²) in [6, 6.07) is 8.65. The van der Waals surface area contributed by atoms with Gasteiger partial charge in [0.1, 0.15) is 11.6 Å². The van der Waals surface area contributed by atoms with Crippen LogP contribution >= 0.6 is 11.6 Å². The fourth-order valence-electron chi connectivity index (χ4n) is 1.80. The van der Waals surface area contributed by atoms with Gasteiger partial charge in [-0.3, -0.25) is 4.79 Å². The molecule has 1 nitrogen and oxygen atoms in total. The predicted octanol–water partition coefficient (Wildman–Crippen LogP) is 4.35. The average Bonchev–Trinajstić information content (AvgIpc) is 2.36. The lowest BCUT2D eigenvalue weighted by molar-refractivity contribution is 0.0988. The van der Waals surface area contributed by atoms with E-state index in [2.05, 4.69) is 0 Å². The van der Waals surface area contributed by atoms with E-state index in [1.54, 1.807) is 19.1 Å². The monoisotopic (exact) mass is 280 g/mol. The van der Waals surface area contributed by atoms with Crippen LogP contribution in [-0.2, 0) is 6.42 Å². The summed E-state index contributed by atoms with van der Waals surface area (Å²) in [5.74, 6) is -1.57. The Kier molecular flexibility index (Phi) is 3.96. The van der Waals surface area contributed by atoms with Gasteiger partial charge in [-0.15, -0.1) is 0 Å². The van der Waals surface area contributed by atoms with Gasteiger partial charge in [0.15, 0.2) is 5.78 Å². The second kappa shape index (κ2) is 5.49. The van der Waals surface area contributed by atoms with Gasteiger partial charge in [0.05, 0.1) is 5.56 Å². The molecular formula is C15H11ClF2O. The van der Waals surface area contributed by atoms with Crippen molar-refractivity contribution in [3.05, 3.63) is 69.7 Å². The van der Waals surface area contributed by atoms with E-state index in [4.69, 9.17) is 11.6 Å². The molecule has 0 aliphatic rings. The van der Waals surface area contributed by atoms with Crippen LogP contribution in [0, 0.1) is 18.6 Å². The number of aryl methyl sites for hydroxylation is 1. The van der Waals surface area contributed by atoms with E-state index in [-0.39, 0.29) is 22.6 Å². The number of benzene rings is 2. The first-order valence-corrected chi connectivity index (χ1v) is 6.09. The van der Waals surface area contributed by atoms with E-state index < -0.39 is 17.4 Å². The van der Waals surface area contributed by atoms with Crippen molar-refractivity contribution < 1.29 is 13.6 Å². The van der Waals surface area contributed by atoms with Gasteiger partial charge in [-0.05, 0) is 36.2 Å². The SMILES string of the molecule is Cc1cccc(C(=O)Cc2ccc(Cl)cc2F)c1F. The number of carbonyl (C=O) groups is 1. The number of ketones is 1. The third kappa shape index (κ3) is 2.99. The zero-order chi connectivity index (χ0) is 14.0. The number of carbonyl (C=O) groups excluding carboxylic acids is 1. The summed E-state index contributed by atoms with van der Waals surface area (Å²) in [5.41, 5.74) is 0.576. The summed E-state index contributed by atoms with van der Waals surface area (Å²) in [6.07, 6.45) is -0.191. The lowest BCUT2D eigenvalue weighted by atomic mass is 10.0. The Morgan fingerprint density at radius 2 is 1.95 bits per heavy atom. The van der Waals surface area contributed by atoms with Crippen molar-refractivity contribution in [2.24, 2.45) is 0 Å². The molecule has 0 saturated carbocycles. The molecule has 4 heteroatoms. The third-order valence-corrected chi connectivity index (χ3v) is 3.09. The summed E-state index contributed by atoms with van der Waals surface area (Å²) < 4.78 is 27.4. The zero-order valence-corrected chi connectivity index (χ0v) is 11.0. The van der Waals surface area contributed by atoms with Gasteiger partial charge in [0.2, 0.25) is 0 Å². The van der Waals surface area contributed by atoms with Gasteiger partial charge in [-0.2, -0.15) is 0 Å². The van der Waals surface area contributed by atoms with Gasteiger partial charge in [0.25, 0.3) is 0 Å². The number of rotatable bonds is 3. The highest BCUT2D eigenvalue weighted by Crippen LogP contribution is 2.18. The Balaban J connectivity index is 2.28. The van der Waals surface area contributed by atoms with Gasteiger partial charge in [0, 0.05) is 11.4 Å². The summed E-state index contributed by atoms with van der Waals surface area (Å²) >= 11 is 5.63. The highest BCUT2D eigenvalue weighted by molar-refractivity contribution is 6.30. The lowest BCUT2D eigenvalue weighted by Gasteiger charge is -2.06. The standard InChI is InChI=1S/C15H11ClF2O/c1-9-3-2-4-12(15(9)18)14(19)7-10-5-6-11(16)8-13(10)17/h2-6,8H,7H2,1H3. The van der Waals surface area contributed by atoms with Crippen molar-refractivity contribution in [2.75, 3.05) is 0 Å². The number of hydrogen-bond donors (Lipinski definition) is 0. The average molecular weight is 281 g/mol. The molecule has 0 radical (unpaired) electrons. The van der Waals surface area contributed by atoms with Crippen molar-refractivity contribution >= 4 is 17.4 Å². The first-order valence-electron chi connectivity index (χ1n) is 5.71. The first kappa shape index (κ1) is 13.7. The minimum absolute atomic E-state index is 0.0191. The fraction of sp³-hybridized carbons (Fsp3) is 0.133. The quantitative estimate of drug-likeness (QED) is 0.764. The molecule has 0 unspecified atom stereocenters. The van der Waals surface area contributed by atoms with Crippen LogP contribution in [0.25, 0.3) is 0 Å². The van der Waals surface area contributed by atoms with Gasteiger partial charge in [-0.25, -0.2) is 8.78 Å². The molecule has 0 fully saturated rings. The van der Waals surface area contributed by atoms with Crippen LogP contribution in [0.1, 0.15) is 21.5 Å². The smallest absolute Gasteiger partial charge is 0.170 e. The minimum atomic E-state index is -0.561. The Hall–Kier alpha value is -1.74. The summed E-state index contributed by atoms with van der Waals surface area (Å²) in [6.45, 7) is 1.58. The molecule has 0 amide bonds. The van der Waals surface area contributed by atoms with Crippen LogP contribution in [0.15, 0.2) is 36.4 Å². The fourth-order valence-corrected chi connectivity index (χ4v) is 1.95. The van der Waals surface area contributed by atoms with Gasteiger partial charge >= 0.3 is 0 Å². The Morgan fingerprint density at radius 1 is 1.21 bits per heavy atom. The highest BCUT2D eigenvalue weighted by Gasteiger charge is 2.15. The molecule has 2 aromatic carbocycles. The van der Waals surface area contributed by atoms with Crippen LogP contribution in [0.4, 0.5) is 8.78 Å². The second-order valence-corrected chi connectivity index (χ2v) is 4.71. The van der Waals surface area contributed by atoms with E-state index >= 15 is 0 Å². The highest BCUT2D eigenvalue weighted by atomic mass is 35.5. The third-order valence-electron chi connectivity index (χ3n) is 2.86. The molecule has 0 spiro atoms. The van der Waals surface area contributed by atoms with Crippen LogP contribution < -0.4 is 0 Å². The van der Waals surface area contributed by atoms with E-state index in [1.807, 2.05) is 0 Å². The molecule has 0 atom stereocenters. The number of Topliss-reactive ketones (excluding diaryl/α,β-unsaturated/α-hetero) is 1. The molecule has 2 rings (SSSR count). The topological polar surface area (TPSA) is 17.1 Å². The molecule has 0 aliphatic heterocycles. The molecule has 0 saturated heterocycles. The molecule has 2 aromatic rings. The van der Waals surface area contributed by atoms with Crippen molar-refractivity contribution in [3.8, 4) is 0 Å². The predicted molar refractivity (Wildman–Crippen MR) is 70.6 cm³/mol. The van der Waals surface area contributed by atoms with Crippen LogP contribution in [0.5, 0.6) is 0 Å². The second-order valence-electron chi connectivity index (χ2n) is 4.27. The molecule has 0 N–H and O–H groups in total. The molecular weight excluding hydrogens is 270 g/mol. The van der Waals surface area contributed by atoms with E-state index in [0.717, 1.165) is 6.07 Å². The largest absolute Gasteiger partial charge is 0.294 e. The van der Waals surface area contributed by atoms with Gasteiger partial charge < -0.3 is 0 Å². The number of halogens is 3. The van der Waals surface area contributed by atoms with Crippen LogP contribution in [-0.4, -0.2) is 5.78 Å². The molecule has 98 valence electrons. The molecule has 0 heterocycles. The molecule has 19 heavy (non-hydrogen) atoms. The molecule has 0 aromatic heterocycles. The summed E-state index contributed by atoms with van der Waals surface area (Å²) in [5, 5.41) is 0.260. The summed E-state index contributed by atoms with van der Waals surface area (Å²) in [7, 11) is 0. The molecule has 0 aliphatic carbocycles. The Bertz CT molecular complexity index is 638. The maximum atomic E-state index is 13.8. The van der Waals surface area contributed by atoms with Crippen LogP contribution in [0.2, 0.25) is 5.02 Å². The Morgan fingerprint density at radius 3 is 2.63 bits per heavy atom. The number of hydrogen-bond acceptors (Lipinski definition) is 1. The van der Waals surface area contributed by atoms with Crippen LogP contribution in [0.3, 0.4) is 0 Å².